The van der Waals surface area contributed by atoms with Crippen molar-refractivity contribution in [1.82, 2.24) is 4.98 Å². The van der Waals surface area contributed by atoms with Crippen molar-refractivity contribution in [3.05, 3.63) is 22.6 Å². The van der Waals surface area contributed by atoms with Crippen LogP contribution in [0.5, 0.6) is 0 Å². The molecule has 5 heteroatoms. The SMILES string of the molecule is OCCN(c1ncc(Br)cc1F)C1CCCCC1. The zero-order valence-corrected chi connectivity index (χ0v) is 11.9. The molecule has 0 aromatic carbocycles. The van der Waals surface area contributed by atoms with E-state index in [0.717, 1.165) is 12.8 Å². The molecule has 1 aliphatic carbocycles. The number of pyridine rings is 1. The van der Waals surface area contributed by atoms with E-state index in [1.165, 1.54) is 25.3 Å². The Labute approximate surface area is 115 Å². The minimum absolute atomic E-state index is 0.0215. The van der Waals surface area contributed by atoms with Crippen molar-refractivity contribution >= 4 is 21.7 Å². The lowest BCUT2D eigenvalue weighted by Gasteiger charge is -2.35. The highest BCUT2D eigenvalue weighted by atomic mass is 79.9. The van der Waals surface area contributed by atoms with E-state index in [9.17, 15) is 9.50 Å². The molecule has 0 atom stereocenters. The number of anilines is 1. The average Bonchev–Trinajstić information content (AvgIpc) is 2.38. The molecule has 0 saturated heterocycles. The third kappa shape index (κ3) is 3.20. The van der Waals surface area contributed by atoms with Gasteiger partial charge in [-0.15, -0.1) is 0 Å². The largest absolute Gasteiger partial charge is 0.395 e. The van der Waals surface area contributed by atoms with E-state index in [4.69, 9.17) is 0 Å². The molecule has 1 N–H and O–H groups in total. The molecular formula is C13H18BrFN2O. The molecule has 1 aliphatic rings. The Morgan fingerprint density at radius 1 is 1.39 bits per heavy atom. The monoisotopic (exact) mass is 316 g/mol. The number of hydrogen-bond acceptors (Lipinski definition) is 3. The van der Waals surface area contributed by atoms with Gasteiger partial charge in [-0.2, -0.15) is 0 Å². The first kappa shape index (κ1) is 13.7. The second kappa shape index (κ2) is 6.48. The highest BCUT2D eigenvalue weighted by Gasteiger charge is 2.24. The van der Waals surface area contributed by atoms with Crippen LogP contribution < -0.4 is 4.90 Å². The van der Waals surface area contributed by atoms with Gasteiger partial charge in [0.25, 0.3) is 0 Å². The van der Waals surface area contributed by atoms with Gasteiger partial charge in [0.1, 0.15) is 0 Å². The van der Waals surface area contributed by atoms with Crippen molar-refractivity contribution in [2.24, 2.45) is 0 Å². The zero-order chi connectivity index (χ0) is 13.0. The smallest absolute Gasteiger partial charge is 0.166 e. The van der Waals surface area contributed by atoms with Crippen molar-refractivity contribution in [3.63, 3.8) is 0 Å². The summed E-state index contributed by atoms with van der Waals surface area (Å²) in [4.78, 5) is 6.08. The predicted molar refractivity (Wildman–Crippen MR) is 73.2 cm³/mol. The van der Waals surface area contributed by atoms with Gasteiger partial charge < -0.3 is 10.0 Å². The van der Waals surface area contributed by atoms with Crippen LogP contribution in [-0.4, -0.2) is 29.3 Å². The standard InChI is InChI=1S/C13H18BrFN2O/c14-10-8-12(15)13(16-9-10)17(6-7-18)11-4-2-1-3-5-11/h8-9,11,18H,1-7H2. The molecule has 0 bridgehead atoms. The van der Waals surface area contributed by atoms with Crippen LogP contribution in [-0.2, 0) is 0 Å². The summed E-state index contributed by atoms with van der Waals surface area (Å²) in [5.41, 5.74) is 0. The van der Waals surface area contributed by atoms with Crippen LogP contribution in [0.15, 0.2) is 16.7 Å². The Morgan fingerprint density at radius 2 is 2.11 bits per heavy atom. The van der Waals surface area contributed by atoms with E-state index in [2.05, 4.69) is 20.9 Å². The van der Waals surface area contributed by atoms with Gasteiger partial charge >= 0.3 is 0 Å². The fourth-order valence-corrected chi connectivity index (χ4v) is 2.88. The molecule has 1 aromatic heterocycles. The Hall–Kier alpha value is -0.680. The maximum atomic E-state index is 14.0. The normalized spacial score (nSPS) is 16.8. The molecule has 2 rings (SSSR count). The third-order valence-corrected chi connectivity index (χ3v) is 3.85. The number of aliphatic hydroxyl groups is 1. The van der Waals surface area contributed by atoms with Gasteiger partial charge in [0.15, 0.2) is 11.6 Å². The van der Waals surface area contributed by atoms with Crippen LogP contribution >= 0.6 is 15.9 Å². The molecule has 100 valence electrons. The molecular weight excluding hydrogens is 299 g/mol. The first-order valence-electron chi connectivity index (χ1n) is 6.41. The van der Waals surface area contributed by atoms with Crippen molar-refractivity contribution in [2.75, 3.05) is 18.1 Å². The van der Waals surface area contributed by atoms with Crippen molar-refractivity contribution < 1.29 is 9.50 Å². The third-order valence-electron chi connectivity index (χ3n) is 3.42. The van der Waals surface area contributed by atoms with Gasteiger partial charge in [-0.1, -0.05) is 19.3 Å². The minimum Gasteiger partial charge on any atom is -0.395 e. The molecule has 1 aromatic rings. The maximum absolute atomic E-state index is 14.0. The van der Waals surface area contributed by atoms with Crippen molar-refractivity contribution in [3.8, 4) is 0 Å². The van der Waals surface area contributed by atoms with Gasteiger partial charge in [0.2, 0.25) is 0 Å². The maximum Gasteiger partial charge on any atom is 0.166 e. The van der Waals surface area contributed by atoms with E-state index in [1.807, 2.05) is 4.90 Å². The molecule has 0 aliphatic heterocycles. The number of aliphatic hydroxyl groups excluding tert-OH is 1. The molecule has 0 spiro atoms. The fraction of sp³-hybridized carbons (Fsp3) is 0.615. The summed E-state index contributed by atoms with van der Waals surface area (Å²) < 4.78 is 14.6. The fourth-order valence-electron chi connectivity index (χ4n) is 2.58. The quantitative estimate of drug-likeness (QED) is 0.927. The summed E-state index contributed by atoms with van der Waals surface area (Å²) in [6.45, 7) is 0.462. The first-order chi connectivity index (χ1) is 8.72. The Bertz CT molecular complexity index is 397. The van der Waals surface area contributed by atoms with Crippen LogP contribution in [0.4, 0.5) is 10.2 Å². The van der Waals surface area contributed by atoms with Crippen LogP contribution in [0.3, 0.4) is 0 Å². The second-order valence-electron chi connectivity index (χ2n) is 4.67. The lowest BCUT2D eigenvalue weighted by atomic mass is 9.94. The lowest BCUT2D eigenvalue weighted by molar-refractivity contribution is 0.288. The van der Waals surface area contributed by atoms with Crippen molar-refractivity contribution in [2.45, 2.75) is 38.1 Å². The Morgan fingerprint density at radius 3 is 2.72 bits per heavy atom. The number of hydrogen-bond donors (Lipinski definition) is 1. The molecule has 0 amide bonds. The molecule has 0 unspecified atom stereocenters. The van der Waals surface area contributed by atoms with Crippen LogP contribution in [0.25, 0.3) is 0 Å². The van der Waals surface area contributed by atoms with Crippen LogP contribution in [0.2, 0.25) is 0 Å². The van der Waals surface area contributed by atoms with Gasteiger partial charge in [0.05, 0.1) is 6.61 Å². The van der Waals surface area contributed by atoms with Crippen LogP contribution in [0.1, 0.15) is 32.1 Å². The zero-order valence-electron chi connectivity index (χ0n) is 10.3. The number of halogens is 2. The number of aromatic nitrogens is 1. The van der Waals surface area contributed by atoms with Gasteiger partial charge in [0, 0.05) is 23.3 Å². The molecule has 3 nitrogen and oxygen atoms in total. The van der Waals surface area contributed by atoms with E-state index in [-0.39, 0.29) is 12.4 Å². The second-order valence-corrected chi connectivity index (χ2v) is 5.58. The highest BCUT2D eigenvalue weighted by molar-refractivity contribution is 9.10. The first-order valence-corrected chi connectivity index (χ1v) is 7.20. The minimum atomic E-state index is -0.330. The highest BCUT2D eigenvalue weighted by Crippen LogP contribution is 2.28. The summed E-state index contributed by atoms with van der Waals surface area (Å²) in [5, 5.41) is 9.17. The van der Waals surface area contributed by atoms with Crippen LogP contribution in [0, 0.1) is 5.82 Å². The number of rotatable bonds is 4. The molecule has 18 heavy (non-hydrogen) atoms. The summed E-state index contributed by atoms with van der Waals surface area (Å²) >= 11 is 3.21. The Kier molecular flexibility index (Phi) is 4.95. The lowest BCUT2D eigenvalue weighted by Crippen LogP contribution is -2.40. The van der Waals surface area contributed by atoms with E-state index in [0.29, 0.717) is 22.9 Å². The van der Waals surface area contributed by atoms with Crippen molar-refractivity contribution in [1.29, 1.82) is 0 Å². The molecule has 1 heterocycles. The van der Waals surface area contributed by atoms with Gasteiger partial charge in [-0.3, -0.25) is 0 Å². The van der Waals surface area contributed by atoms with E-state index < -0.39 is 0 Å². The average molecular weight is 317 g/mol. The summed E-state index contributed by atoms with van der Waals surface area (Å²) in [7, 11) is 0. The van der Waals surface area contributed by atoms with Gasteiger partial charge in [-0.25, -0.2) is 9.37 Å². The number of nitrogens with zero attached hydrogens (tertiary/aromatic N) is 2. The summed E-state index contributed by atoms with van der Waals surface area (Å²) in [5.74, 6) is 0.0301. The molecule has 1 saturated carbocycles. The summed E-state index contributed by atoms with van der Waals surface area (Å²) in [6.07, 6.45) is 7.30. The van der Waals surface area contributed by atoms with E-state index >= 15 is 0 Å². The molecule has 0 radical (unpaired) electrons. The Balaban J connectivity index is 2.22. The molecule has 1 fully saturated rings. The van der Waals surface area contributed by atoms with E-state index in [1.54, 1.807) is 6.20 Å². The topological polar surface area (TPSA) is 36.4 Å². The van der Waals surface area contributed by atoms with Gasteiger partial charge in [-0.05, 0) is 34.8 Å². The summed E-state index contributed by atoms with van der Waals surface area (Å²) in [6, 6.07) is 1.73. The predicted octanol–water partition coefficient (Wildman–Crippen LogP) is 3.11.